The Kier molecular flexibility index (Phi) is 7.37. The van der Waals surface area contributed by atoms with Gasteiger partial charge in [0.1, 0.15) is 17.2 Å². The van der Waals surface area contributed by atoms with E-state index in [1.807, 2.05) is 66.7 Å². The number of anilines is 2. The van der Waals surface area contributed by atoms with E-state index < -0.39 is 0 Å². The SMILES string of the molecule is O=C(COc1ccc(Oc2ccccc2)cc1)Nc1ccc(-c2ccc(N3CCCCC3)nn2)cc1. The number of benzene rings is 3. The number of ether oxygens (including phenoxy) is 2. The van der Waals surface area contributed by atoms with E-state index in [4.69, 9.17) is 9.47 Å². The average Bonchev–Trinajstić information content (AvgIpc) is 2.94. The lowest BCUT2D eigenvalue weighted by Crippen LogP contribution is -2.30. The molecule has 36 heavy (non-hydrogen) atoms. The minimum atomic E-state index is -0.238. The molecule has 1 saturated heterocycles. The number of rotatable bonds is 8. The summed E-state index contributed by atoms with van der Waals surface area (Å²) >= 11 is 0. The zero-order chi connectivity index (χ0) is 24.6. The summed E-state index contributed by atoms with van der Waals surface area (Å²) in [6.45, 7) is 1.99. The molecule has 1 amide bonds. The zero-order valence-corrected chi connectivity index (χ0v) is 20.0. The van der Waals surface area contributed by atoms with Crippen LogP contribution in [0.4, 0.5) is 11.5 Å². The highest BCUT2D eigenvalue weighted by Crippen LogP contribution is 2.24. The Morgan fingerprint density at radius 2 is 1.44 bits per heavy atom. The second kappa shape index (κ2) is 11.4. The molecule has 5 rings (SSSR count). The number of para-hydroxylation sites is 1. The van der Waals surface area contributed by atoms with Gasteiger partial charge in [0.25, 0.3) is 5.91 Å². The number of hydrogen-bond donors (Lipinski definition) is 1. The molecule has 2 heterocycles. The first-order valence-corrected chi connectivity index (χ1v) is 12.2. The molecule has 3 aromatic carbocycles. The monoisotopic (exact) mass is 480 g/mol. The molecule has 7 nitrogen and oxygen atoms in total. The van der Waals surface area contributed by atoms with E-state index >= 15 is 0 Å². The Morgan fingerprint density at radius 1 is 0.750 bits per heavy atom. The summed E-state index contributed by atoms with van der Waals surface area (Å²) < 4.78 is 11.4. The van der Waals surface area contributed by atoms with Gasteiger partial charge in [0.05, 0.1) is 5.69 Å². The Hall–Kier alpha value is -4.39. The molecule has 1 fully saturated rings. The van der Waals surface area contributed by atoms with Crippen LogP contribution in [0.5, 0.6) is 17.2 Å². The fraction of sp³-hybridized carbons (Fsp3) is 0.207. The van der Waals surface area contributed by atoms with Gasteiger partial charge in [-0.3, -0.25) is 4.79 Å². The van der Waals surface area contributed by atoms with E-state index in [-0.39, 0.29) is 12.5 Å². The lowest BCUT2D eigenvalue weighted by Gasteiger charge is -2.27. The van der Waals surface area contributed by atoms with Crippen molar-refractivity contribution in [3.63, 3.8) is 0 Å². The van der Waals surface area contributed by atoms with Gasteiger partial charge in [0.2, 0.25) is 0 Å². The van der Waals surface area contributed by atoms with Crippen LogP contribution >= 0.6 is 0 Å². The first kappa shape index (κ1) is 23.4. The molecule has 4 aromatic rings. The minimum Gasteiger partial charge on any atom is -0.484 e. The number of amides is 1. The van der Waals surface area contributed by atoms with Crippen molar-refractivity contribution >= 4 is 17.4 Å². The first-order valence-electron chi connectivity index (χ1n) is 12.2. The number of piperidine rings is 1. The molecule has 1 aliphatic rings. The van der Waals surface area contributed by atoms with Crippen molar-refractivity contribution in [2.24, 2.45) is 0 Å². The predicted octanol–water partition coefficient (Wildman–Crippen LogP) is 5.94. The van der Waals surface area contributed by atoms with Crippen LogP contribution in [0.1, 0.15) is 19.3 Å². The number of nitrogens with zero attached hydrogens (tertiary/aromatic N) is 3. The highest BCUT2D eigenvalue weighted by Gasteiger charge is 2.13. The number of hydrogen-bond acceptors (Lipinski definition) is 6. The molecule has 0 aliphatic carbocycles. The summed E-state index contributed by atoms with van der Waals surface area (Å²) in [5.41, 5.74) is 2.44. The second-order valence-corrected chi connectivity index (χ2v) is 8.63. The van der Waals surface area contributed by atoms with Gasteiger partial charge in [-0.15, -0.1) is 10.2 Å². The van der Waals surface area contributed by atoms with Gasteiger partial charge in [-0.2, -0.15) is 0 Å². The molecule has 182 valence electrons. The van der Waals surface area contributed by atoms with Crippen molar-refractivity contribution in [1.82, 2.24) is 10.2 Å². The summed E-state index contributed by atoms with van der Waals surface area (Å²) in [5.74, 6) is 2.74. The van der Waals surface area contributed by atoms with Crippen LogP contribution in [0.25, 0.3) is 11.3 Å². The van der Waals surface area contributed by atoms with Gasteiger partial charge in [-0.25, -0.2) is 0 Å². The topological polar surface area (TPSA) is 76.6 Å². The number of carbonyl (C=O) groups excluding carboxylic acids is 1. The fourth-order valence-electron chi connectivity index (χ4n) is 4.07. The van der Waals surface area contributed by atoms with Crippen molar-refractivity contribution in [3.8, 4) is 28.5 Å². The molecule has 0 atom stereocenters. The summed E-state index contributed by atoms with van der Waals surface area (Å²) in [4.78, 5) is 14.6. The summed E-state index contributed by atoms with van der Waals surface area (Å²) in [5, 5.41) is 11.7. The predicted molar refractivity (Wildman–Crippen MR) is 141 cm³/mol. The van der Waals surface area contributed by atoms with Gasteiger partial charge in [0, 0.05) is 24.3 Å². The average molecular weight is 481 g/mol. The lowest BCUT2D eigenvalue weighted by atomic mass is 10.1. The van der Waals surface area contributed by atoms with Crippen LogP contribution in [0.2, 0.25) is 0 Å². The summed E-state index contributed by atoms with van der Waals surface area (Å²) in [6.07, 6.45) is 3.70. The fourth-order valence-corrected chi connectivity index (χ4v) is 4.07. The van der Waals surface area contributed by atoms with Gasteiger partial charge in [0.15, 0.2) is 12.4 Å². The molecular formula is C29H28N4O3. The van der Waals surface area contributed by atoms with Crippen LogP contribution in [0.3, 0.4) is 0 Å². The van der Waals surface area contributed by atoms with Crippen LogP contribution in [0.15, 0.2) is 91.0 Å². The van der Waals surface area contributed by atoms with Crippen molar-refractivity contribution < 1.29 is 14.3 Å². The molecule has 1 N–H and O–H groups in total. The molecule has 0 bridgehead atoms. The molecule has 1 aliphatic heterocycles. The Bertz CT molecular complexity index is 1250. The maximum atomic E-state index is 12.3. The van der Waals surface area contributed by atoms with Gasteiger partial charge in [-0.1, -0.05) is 30.3 Å². The quantitative estimate of drug-likeness (QED) is 0.336. The van der Waals surface area contributed by atoms with E-state index in [0.29, 0.717) is 17.2 Å². The maximum absolute atomic E-state index is 12.3. The molecule has 1 aromatic heterocycles. The van der Waals surface area contributed by atoms with Gasteiger partial charge in [-0.05, 0) is 79.9 Å². The van der Waals surface area contributed by atoms with E-state index in [2.05, 4.69) is 20.4 Å². The Morgan fingerprint density at radius 3 is 2.14 bits per heavy atom. The third-order valence-electron chi connectivity index (χ3n) is 5.97. The van der Waals surface area contributed by atoms with Crippen LogP contribution in [-0.2, 0) is 4.79 Å². The third kappa shape index (κ3) is 6.18. The van der Waals surface area contributed by atoms with E-state index in [1.54, 1.807) is 24.3 Å². The third-order valence-corrected chi connectivity index (χ3v) is 5.97. The molecule has 0 unspecified atom stereocenters. The number of aromatic nitrogens is 2. The normalized spacial score (nSPS) is 13.2. The number of carbonyl (C=O) groups is 1. The first-order chi connectivity index (χ1) is 17.7. The maximum Gasteiger partial charge on any atom is 0.262 e. The molecule has 0 radical (unpaired) electrons. The van der Waals surface area contributed by atoms with Gasteiger partial charge >= 0.3 is 0 Å². The van der Waals surface area contributed by atoms with Crippen molar-refractivity contribution in [3.05, 3.63) is 91.0 Å². The van der Waals surface area contributed by atoms with Gasteiger partial charge < -0.3 is 19.7 Å². The van der Waals surface area contributed by atoms with Crippen molar-refractivity contribution in [2.45, 2.75) is 19.3 Å². The van der Waals surface area contributed by atoms with E-state index in [9.17, 15) is 4.79 Å². The Labute approximate surface area is 210 Å². The highest BCUT2D eigenvalue weighted by molar-refractivity contribution is 5.92. The Balaban J connectivity index is 1.10. The largest absolute Gasteiger partial charge is 0.484 e. The second-order valence-electron chi connectivity index (χ2n) is 8.63. The van der Waals surface area contributed by atoms with E-state index in [0.717, 1.165) is 35.9 Å². The summed E-state index contributed by atoms with van der Waals surface area (Å²) in [6, 6.07) is 28.3. The van der Waals surface area contributed by atoms with E-state index in [1.165, 1.54) is 19.3 Å². The van der Waals surface area contributed by atoms with Crippen LogP contribution in [0, 0.1) is 0 Å². The summed E-state index contributed by atoms with van der Waals surface area (Å²) in [7, 11) is 0. The smallest absolute Gasteiger partial charge is 0.262 e. The number of nitrogens with one attached hydrogen (secondary N) is 1. The molecule has 7 heteroatoms. The zero-order valence-electron chi connectivity index (χ0n) is 20.0. The lowest BCUT2D eigenvalue weighted by molar-refractivity contribution is -0.118. The van der Waals surface area contributed by atoms with Crippen molar-refractivity contribution in [1.29, 1.82) is 0 Å². The minimum absolute atomic E-state index is 0.0932. The van der Waals surface area contributed by atoms with Crippen molar-refractivity contribution in [2.75, 3.05) is 29.9 Å². The van der Waals surface area contributed by atoms with Crippen LogP contribution < -0.4 is 19.7 Å². The molecule has 0 spiro atoms. The molecular weight excluding hydrogens is 452 g/mol. The highest BCUT2D eigenvalue weighted by atomic mass is 16.5. The molecule has 0 saturated carbocycles. The standard InChI is InChI=1S/C29H28N4O3/c34-29(21-35-24-13-15-26(16-14-24)36-25-7-3-1-4-8-25)30-23-11-9-22(10-12-23)27-17-18-28(32-31-27)33-19-5-2-6-20-33/h1,3-4,7-18H,2,5-6,19-21H2,(H,30,34). The van der Waals surface area contributed by atoms with Crippen LogP contribution in [-0.4, -0.2) is 35.8 Å².